The van der Waals surface area contributed by atoms with E-state index in [4.69, 9.17) is 5.73 Å². The Morgan fingerprint density at radius 2 is 2.27 bits per heavy atom. The number of hydrogen-bond donors (Lipinski definition) is 2. The zero-order valence-electron chi connectivity index (χ0n) is 9.28. The summed E-state index contributed by atoms with van der Waals surface area (Å²) in [5.41, 5.74) is 5.83. The van der Waals surface area contributed by atoms with Crippen LogP contribution in [0.1, 0.15) is 19.8 Å². The molecule has 1 rings (SSSR count). The molecule has 0 aromatic heterocycles. The van der Waals surface area contributed by atoms with Crippen LogP contribution in [0.5, 0.6) is 0 Å². The minimum atomic E-state index is -3.04. The Labute approximate surface area is 92.1 Å². The van der Waals surface area contributed by atoms with Gasteiger partial charge in [-0.15, -0.1) is 0 Å². The number of likely N-dealkylation sites (tertiary alicyclic amines) is 1. The molecule has 15 heavy (non-hydrogen) atoms. The lowest BCUT2D eigenvalue weighted by Crippen LogP contribution is -2.45. The third kappa shape index (κ3) is 4.92. The van der Waals surface area contributed by atoms with E-state index >= 15 is 0 Å². The normalized spacial score (nSPS) is 24.3. The van der Waals surface area contributed by atoms with Crippen molar-refractivity contribution >= 4 is 10.0 Å². The van der Waals surface area contributed by atoms with E-state index in [1.54, 1.807) is 6.92 Å². The summed E-state index contributed by atoms with van der Waals surface area (Å²) in [5, 5.41) is 0. The molecule has 3 N–H and O–H groups in total. The molecule has 0 aromatic rings. The second kappa shape index (κ2) is 5.79. The Hall–Kier alpha value is -0.170. The van der Waals surface area contributed by atoms with Crippen molar-refractivity contribution in [1.82, 2.24) is 9.62 Å². The molecule has 1 heterocycles. The first-order valence-corrected chi connectivity index (χ1v) is 7.14. The summed E-state index contributed by atoms with van der Waals surface area (Å²) >= 11 is 0. The van der Waals surface area contributed by atoms with Gasteiger partial charge in [-0.1, -0.05) is 0 Å². The maximum Gasteiger partial charge on any atom is 0.211 e. The highest BCUT2D eigenvalue weighted by atomic mass is 32.2. The number of nitrogens with two attached hydrogens (primary N) is 1. The lowest BCUT2D eigenvalue weighted by atomic mass is 10.1. The van der Waals surface area contributed by atoms with Crippen LogP contribution in [0.15, 0.2) is 0 Å². The summed E-state index contributed by atoms with van der Waals surface area (Å²) in [6, 6.07) is 0.251. The van der Waals surface area contributed by atoms with E-state index in [-0.39, 0.29) is 11.8 Å². The number of rotatable bonds is 5. The third-order valence-electron chi connectivity index (χ3n) is 2.67. The fourth-order valence-electron chi connectivity index (χ4n) is 1.76. The molecule has 0 aromatic carbocycles. The van der Waals surface area contributed by atoms with Gasteiger partial charge in [0.05, 0.1) is 5.75 Å². The molecule has 1 atom stereocenters. The van der Waals surface area contributed by atoms with Gasteiger partial charge >= 0.3 is 0 Å². The van der Waals surface area contributed by atoms with Crippen LogP contribution in [-0.2, 0) is 10.0 Å². The van der Waals surface area contributed by atoms with Crippen LogP contribution in [0.2, 0.25) is 0 Å². The summed E-state index contributed by atoms with van der Waals surface area (Å²) in [5.74, 6) is 0.145. The van der Waals surface area contributed by atoms with Crippen LogP contribution in [0.4, 0.5) is 0 Å². The van der Waals surface area contributed by atoms with E-state index in [0.29, 0.717) is 6.54 Å². The van der Waals surface area contributed by atoms with Gasteiger partial charge < -0.3 is 10.6 Å². The SMILES string of the molecule is CCS(=O)(=O)NCCN1CCCC(N)C1. The topological polar surface area (TPSA) is 75.4 Å². The van der Waals surface area contributed by atoms with E-state index in [1.165, 1.54) is 0 Å². The van der Waals surface area contributed by atoms with Gasteiger partial charge in [0.2, 0.25) is 10.0 Å². The summed E-state index contributed by atoms with van der Waals surface area (Å²) in [6.45, 7) is 4.80. The fourth-order valence-corrected chi connectivity index (χ4v) is 2.36. The molecule has 1 unspecified atom stereocenters. The smallest absolute Gasteiger partial charge is 0.211 e. The highest BCUT2D eigenvalue weighted by Crippen LogP contribution is 2.06. The predicted octanol–water partition coefficient (Wildman–Crippen LogP) is -0.651. The molecular formula is C9H21N3O2S. The second-order valence-electron chi connectivity index (χ2n) is 4.00. The standard InChI is InChI=1S/C9H21N3O2S/c1-2-15(13,14)11-5-7-12-6-3-4-9(10)8-12/h9,11H,2-8,10H2,1H3. The Morgan fingerprint density at radius 3 is 2.87 bits per heavy atom. The molecule has 1 saturated heterocycles. The molecular weight excluding hydrogens is 214 g/mol. The highest BCUT2D eigenvalue weighted by Gasteiger charge is 2.16. The van der Waals surface area contributed by atoms with Gasteiger partial charge in [0.15, 0.2) is 0 Å². The van der Waals surface area contributed by atoms with Gasteiger partial charge in [0.25, 0.3) is 0 Å². The van der Waals surface area contributed by atoms with Gasteiger partial charge in [-0.25, -0.2) is 13.1 Å². The average molecular weight is 235 g/mol. The average Bonchev–Trinajstić information content (AvgIpc) is 2.18. The molecule has 1 fully saturated rings. The number of hydrogen-bond acceptors (Lipinski definition) is 4. The molecule has 1 aliphatic rings. The Morgan fingerprint density at radius 1 is 1.53 bits per heavy atom. The van der Waals surface area contributed by atoms with Crippen molar-refractivity contribution in [2.75, 3.05) is 31.9 Å². The van der Waals surface area contributed by atoms with Gasteiger partial charge in [0, 0.05) is 25.7 Å². The molecule has 6 heteroatoms. The molecule has 0 spiro atoms. The van der Waals surface area contributed by atoms with E-state index in [1.807, 2.05) is 0 Å². The zero-order chi connectivity index (χ0) is 11.3. The highest BCUT2D eigenvalue weighted by molar-refractivity contribution is 7.89. The quantitative estimate of drug-likeness (QED) is 0.664. The lowest BCUT2D eigenvalue weighted by molar-refractivity contribution is 0.212. The summed E-state index contributed by atoms with van der Waals surface area (Å²) in [7, 11) is -3.04. The Balaban J connectivity index is 2.20. The van der Waals surface area contributed by atoms with Crippen LogP contribution < -0.4 is 10.5 Å². The van der Waals surface area contributed by atoms with E-state index in [2.05, 4.69) is 9.62 Å². The monoisotopic (exact) mass is 235 g/mol. The molecule has 0 amide bonds. The number of piperidine rings is 1. The van der Waals surface area contributed by atoms with Crippen molar-refractivity contribution in [2.45, 2.75) is 25.8 Å². The first kappa shape index (κ1) is 12.9. The number of nitrogens with one attached hydrogen (secondary N) is 1. The van der Waals surface area contributed by atoms with Crippen molar-refractivity contribution in [3.05, 3.63) is 0 Å². The fraction of sp³-hybridized carbons (Fsp3) is 1.00. The van der Waals surface area contributed by atoms with E-state index < -0.39 is 10.0 Å². The third-order valence-corrected chi connectivity index (χ3v) is 4.08. The number of sulfonamides is 1. The van der Waals surface area contributed by atoms with Gasteiger partial charge in [-0.05, 0) is 26.3 Å². The maximum absolute atomic E-state index is 11.2. The van der Waals surface area contributed by atoms with Crippen molar-refractivity contribution in [2.24, 2.45) is 5.73 Å². The van der Waals surface area contributed by atoms with Crippen molar-refractivity contribution in [1.29, 1.82) is 0 Å². The van der Waals surface area contributed by atoms with Crippen molar-refractivity contribution in [3.63, 3.8) is 0 Å². The maximum atomic E-state index is 11.2. The van der Waals surface area contributed by atoms with Gasteiger partial charge in [0.1, 0.15) is 0 Å². The van der Waals surface area contributed by atoms with E-state index in [0.717, 1.165) is 32.5 Å². The zero-order valence-corrected chi connectivity index (χ0v) is 10.1. The second-order valence-corrected chi connectivity index (χ2v) is 6.10. The largest absolute Gasteiger partial charge is 0.327 e. The van der Waals surface area contributed by atoms with Crippen LogP contribution in [-0.4, -0.2) is 51.3 Å². The lowest BCUT2D eigenvalue weighted by Gasteiger charge is -2.30. The van der Waals surface area contributed by atoms with Crippen LogP contribution in [0.3, 0.4) is 0 Å². The van der Waals surface area contributed by atoms with Gasteiger partial charge in [-0.2, -0.15) is 0 Å². The first-order chi connectivity index (χ1) is 7.03. The van der Waals surface area contributed by atoms with Crippen molar-refractivity contribution < 1.29 is 8.42 Å². The molecule has 0 bridgehead atoms. The molecule has 0 radical (unpaired) electrons. The minimum Gasteiger partial charge on any atom is -0.327 e. The van der Waals surface area contributed by atoms with Crippen LogP contribution >= 0.6 is 0 Å². The minimum absolute atomic E-state index is 0.145. The Bertz CT molecular complexity index is 279. The molecule has 0 saturated carbocycles. The first-order valence-electron chi connectivity index (χ1n) is 5.49. The van der Waals surface area contributed by atoms with Crippen LogP contribution in [0, 0.1) is 0 Å². The van der Waals surface area contributed by atoms with Crippen LogP contribution in [0.25, 0.3) is 0 Å². The predicted molar refractivity (Wildman–Crippen MR) is 61.1 cm³/mol. The molecule has 90 valence electrons. The Kier molecular flexibility index (Phi) is 4.98. The summed E-state index contributed by atoms with van der Waals surface area (Å²) in [6.07, 6.45) is 2.19. The molecule has 5 nitrogen and oxygen atoms in total. The summed E-state index contributed by atoms with van der Waals surface area (Å²) in [4.78, 5) is 2.21. The summed E-state index contributed by atoms with van der Waals surface area (Å²) < 4.78 is 24.9. The van der Waals surface area contributed by atoms with E-state index in [9.17, 15) is 8.42 Å². The number of nitrogens with zero attached hydrogens (tertiary/aromatic N) is 1. The molecule has 0 aliphatic carbocycles. The van der Waals surface area contributed by atoms with Gasteiger partial charge in [-0.3, -0.25) is 0 Å². The molecule has 1 aliphatic heterocycles. The van der Waals surface area contributed by atoms with Crippen molar-refractivity contribution in [3.8, 4) is 0 Å².